The maximum absolute atomic E-state index is 12.6. The van der Waals surface area contributed by atoms with Gasteiger partial charge in [0.05, 0.1) is 7.11 Å². The van der Waals surface area contributed by atoms with Gasteiger partial charge in [-0.1, -0.05) is 42.2 Å². The van der Waals surface area contributed by atoms with E-state index in [1.54, 1.807) is 4.90 Å². The van der Waals surface area contributed by atoms with Crippen LogP contribution in [0.1, 0.15) is 36.0 Å². The van der Waals surface area contributed by atoms with Crippen LogP contribution in [0.2, 0.25) is 0 Å². The van der Waals surface area contributed by atoms with Crippen LogP contribution in [0.15, 0.2) is 54.6 Å². The highest BCUT2D eigenvalue weighted by atomic mass is 16.5. The summed E-state index contributed by atoms with van der Waals surface area (Å²) in [5.74, 6) is 5.69. The minimum absolute atomic E-state index is 0.0319. The molecular weight excluding hydrogens is 416 g/mol. The Morgan fingerprint density at radius 2 is 1.82 bits per heavy atom. The molecule has 0 saturated carbocycles. The number of benzene rings is 2. The van der Waals surface area contributed by atoms with E-state index in [2.05, 4.69) is 17.2 Å². The number of methoxy groups -OCH3 is 1. The van der Waals surface area contributed by atoms with Crippen LogP contribution in [-0.2, 0) is 20.7 Å². The second-order valence-corrected chi connectivity index (χ2v) is 8.20. The van der Waals surface area contributed by atoms with E-state index in [0.29, 0.717) is 13.0 Å². The monoisotopic (exact) mass is 446 g/mol. The lowest BCUT2D eigenvalue weighted by Crippen LogP contribution is -2.46. The Hall–Kier alpha value is -3.79. The molecule has 0 radical (unpaired) electrons. The summed E-state index contributed by atoms with van der Waals surface area (Å²) < 4.78 is 4.91. The van der Waals surface area contributed by atoms with Gasteiger partial charge in [0, 0.05) is 37.1 Å². The highest BCUT2D eigenvalue weighted by Gasteiger charge is 2.26. The molecule has 0 bridgehead atoms. The van der Waals surface area contributed by atoms with E-state index in [1.165, 1.54) is 7.11 Å². The van der Waals surface area contributed by atoms with Gasteiger partial charge in [-0.15, -0.1) is 0 Å². The van der Waals surface area contributed by atoms with Crippen molar-refractivity contribution >= 4 is 17.8 Å². The molecule has 0 aliphatic carbocycles. The number of esters is 1. The first-order chi connectivity index (χ1) is 15.9. The Kier molecular flexibility index (Phi) is 8.48. The first-order valence-electron chi connectivity index (χ1n) is 11.1. The zero-order chi connectivity index (χ0) is 23.6. The van der Waals surface area contributed by atoms with E-state index < -0.39 is 12.0 Å². The SMILES string of the molecule is COC(=O)[C@H](Cc1ccc(C#Cc2ccccc2)cc1)NC(=O)C[C@@H]1CCCN(C(=N)N)C1. The second kappa shape index (κ2) is 11.7. The zero-order valence-electron chi connectivity index (χ0n) is 18.8. The van der Waals surface area contributed by atoms with Crippen LogP contribution in [0.3, 0.4) is 0 Å². The molecule has 172 valence electrons. The van der Waals surface area contributed by atoms with Gasteiger partial charge in [-0.05, 0) is 48.6 Å². The van der Waals surface area contributed by atoms with Crippen LogP contribution in [-0.4, -0.2) is 49.0 Å². The van der Waals surface area contributed by atoms with Gasteiger partial charge in [-0.25, -0.2) is 4.79 Å². The number of amides is 1. The Morgan fingerprint density at radius 3 is 2.45 bits per heavy atom. The molecule has 3 rings (SSSR count). The van der Waals surface area contributed by atoms with Gasteiger partial charge < -0.3 is 20.7 Å². The van der Waals surface area contributed by atoms with Crippen LogP contribution in [0, 0.1) is 23.2 Å². The number of nitrogens with zero attached hydrogens (tertiary/aromatic N) is 1. The minimum atomic E-state index is -0.767. The van der Waals surface area contributed by atoms with Crippen molar-refractivity contribution in [1.29, 1.82) is 5.41 Å². The normalized spacial score (nSPS) is 16.2. The van der Waals surface area contributed by atoms with Crippen molar-refractivity contribution in [1.82, 2.24) is 10.2 Å². The lowest BCUT2D eigenvalue weighted by Gasteiger charge is -2.32. The van der Waals surface area contributed by atoms with Crippen LogP contribution >= 0.6 is 0 Å². The Labute approximate surface area is 194 Å². The van der Waals surface area contributed by atoms with Crippen molar-refractivity contribution in [3.05, 3.63) is 71.3 Å². The molecule has 7 nitrogen and oxygen atoms in total. The summed E-state index contributed by atoms with van der Waals surface area (Å²) in [5.41, 5.74) is 8.30. The summed E-state index contributed by atoms with van der Waals surface area (Å²) in [6.45, 7) is 1.32. The molecule has 2 aromatic rings. The summed E-state index contributed by atoms with van der Waals surface area (Å²) in [5, 5.41) is 10.4. The second-order valence-electron chi connectivity index (χ2n) is 8.20. The van der Waals surface area contributed by atoms with Crippen LogP contribution in [0.4, 0.5) is 0 Å². The minimum Gasteiger partial charge on any atom is -0.467 e. The largest absolute Gasteiger partial charge is 0.467 e. The smallest absolute Gasteiger partial charge is 0.328 e. The van der Waals surface area contributed by atoms with E-state index >= 15 is 0 Å². The van der Waals surface area contributed by atoms with Crippen molar-refractivity contribution in [2.24, 2.45) is 11.7 Å². The number of likely N-dealkylation sites (tertiary alicyclic amines) is 1. The average Bonchev–Trinajstić information content (AvgIpc) is 2.83. The number of piperidine rings is 1. The molecule has 1 amide bonds. The number of guanidine groups is 1. The van der Waals surface area contributed by atoms with Gasteiger partial charge in [0.15, 0.2) is 5.96 Å². The molecule has 0 aromatic heterocycles. The summed E-state index contributed by atoms with van der Waals surface area (Å²) in [4.78, 5) is 26.7. The van der Waals surface area contributed by atoms with E-state index in [4.69, 9.17) is 15.9 Å². The van der Waals surface area contributed by atoms with Crippen LogP contribution in [0.5, 0.6) is 0 Å². The Morgan fingerprint density at radius 1 is 1.15 bits per heavy atom. The maximum atomic E-state index is 12.6. The predicted octanol–water partition coefficient (Wildman–Crippen LogP) is 2.28. The topological polar surface area (TPSA) is 109 Å². The average molecular weight is 447 g/mol. The Balaban J connectivity index is 1.59. The molecule has 1 saturated heterocycles. The molecule has 0 unspecified atom stereocenters. The van der Waals surface area contributed by atoms with Gasteiger partial charge in [0.1, 0.15) is 6.04 Å². The molecule has 33 heavy (non-hydrogen) atoms. The molecule has 1 fully saturated rings. The van der Waals surface area contributed by atoms with Gasteiger partial charge >= 0.3 is 5.97 Å². The lowest BCUT2D eigenvalue weighted by atomic mass is 9.94. The molecule has 2 aromatic carbocycles. The van der Waals surface area contributed by atoms with Crippen LogP contribution in [0.25, 0.3) is 0 Å². The first kappa shape index (κ1) is 23.9. The number of carbonyl (C=O) groups excluding carboxylic acids is 2. The lowest BCUT2D eigenvalue weighted by molar-refractivity contribution is -0.145. The quantitative estimate of drug-likeness (QED) is 0.273. The molecule has 4 N–H and O–H groups in total. The van der Waals surface area contributed by atoms with Crippen molar-refractivity contribution < 1.29 is 14.3 Å². The number of carbonyl (C=O) groups is 2. The van der Waals surface area contributed by atoms with E-state index in [-0.39, 0.29) is 24.2 Å². The zero-order valence-corrected chi connectivity index (χ0v) is 18.8. The molecule has 7 heteroatoms. The van der Waals surface area contributed by atoms with E-state index in [1.807, 2.05) is 54.6 Å². The summed E-state index contributed by atoms with van der Waals surface area (Å²) in [6.07, 6.45) is 2.39. The Bertz CT molecular complexity index is 1020. The van der Waals surface area contributed by atoms with E-state index in [0.717, 1.165) is 36.1 Å². The van der Waals surface area contributed by atoms with Gasteiger partial charge in [-0.2, -0.15) is 0 Å². The molecule has 2 atom stereocenters. The molecule has 1 heterocycles. The number of rotatable bonds is 6. The molecular formula is C26H30N4O3. The first-order valence-corrected chi connectivity index (χ1v) is 11.1. The molecule has 1 aliphatic rings. The highest BCUT2D eigenvalue weighted by Crippen LogP contribution is 2.19. The number of hydrogen-bond acceptors (Lipinski definition) is 4. The van der Waals surface area contributed by atoms with Crippen molar-refractivity contribution in [2.45, 2.75) is 31.7 Å². The van der Waals surface area contributed by atoms with Crippen LogP contribution < -0.4 is 11.1 Å². The number of ether oxygens (including phenoxy) is 1. The molecule has 1 aliphatic heterocycles. The maximum Gasteiger partial charge on any atom is 0.328 e. The standard InChI is InChI=1S/C26H30N4O3/c1-33-25(32)23(29-24(31)17-22-8-5-15-30(18-22)26(27)28)16-21-13-11-20(12-14-21)10-9-19-6-3-2-4-7-19/h2-4,6-7,11-14,22-23H,5,8,15-18H2,1H3,(H3,27,28)(H,29,31)/t22-,23-/m0/s1. The van der Waals surface area contributed by atoms with Gasteiger partial charge in [0.2, 0.25) is 5.91 Å². The summed E-state index contributed by atoms with van der Waals surface area (Å²) >= 11 is 0. The van der Waals surface area contributed by atoms with Gasteiger partial charge in [-0.3, -0.25) is 10.2 Å². The molecule has 0 spiro atoms. The fraction of sp³-hybridized carbons (Fsp3) is 0.346. The van der Waals surface area contributed by atoms with Gasteiger partial charge in [0.25, 0.3) is 0 Å². The van der Waals surface area contributed by atoms with Crippen molar-refractivity contribution in [2.75, 3.05) is 20.2 Å². The fourth-order valence-corrected chi connectivity index (χ4v) is 3.93. The summed E-state index contributed by atoms with van der Waals surface area (Å²) in [6, 6.07) is 16.6. The third-order valence-corrected chi connectivity index (χ3v) is 5.67. The predicted molar refractivity (Wildman–Crippen MR) is 127 cm³/mol. The van der Waals surface area contributed by atoms with Crippen molar-refractivity contribution in [3.63, 3.8) is 0 Å². The highest BCUT2D eigenvalue weighted by molar-refractivity contribution is 5.85. The third-order valence-electron chi connectivity index (χ3n) is 5.67. The van der Waals surface area contributed by atoms with E-state index in [9.17, 15) is 9.59 Å². The third kappa shape index (κ3) is 7.39. The summed E-state index contributed by atoms with van der Waals surface area (Å²) in [7, 11) is 1.32. The number of hydrogen-bond donors (Lipinski definition) is 3. The van der Waals surface area contributed by atoms with Crippen molar-refractivity contribution in [3.8, 4) is 11.8 Å². The fourth-order valence-electron chi connectivity index (χ4n) is 3.93. The number of nitrogens with one attached hydrogen (secondary N) is 2. The number of nitrogens with two attached hydrogens (primary N) is 1.